The topological polar surface area (TPSA) is 38.7 Å². The van der Waals surface area contributed by atoms with Gasteiger partial charge in [-0.3, -0.25) is 0 Å². The molecule has 0 bridgehead atoms. The number of aliphatic hydroxyl groups is 1. The van der Waals surface area contributed by atoms with Gasteiger partial charge in [0.15, 0.2) is 5.79 Å². The Bertz CT molecular complexity index is 481. The van der Waals surface area contributed by atoms with E-state index in [4.69, 9.17) is 9.47 Å². The molecule has 1 heterocycles. The van der Waals surface area contributed by atoms with Gasteiger partial charge in [-0.25, -0.2) is 0 Å². The summed E-state index contributed by atoms with van der Waals surface area (Å²) in [5.74, 6) is -0.345. The second-order valence-corrected chi connectivity index (χ2v) is 6.14. The summed E-state index contributed by atoms with van der Waals surface area (Å²) in [6.07, 6.45) is 4.28. The summed E-state index contributed by atoms with van der Waals surface area (Å²) in [5, 5.41) is 10.6. The first kappa shape index (κ1) is 11.9. The average molecular weight is 260 g/mol. The molecule has 2 aliphatic carbocycles. The normalized spacial score (nSPS) is 30.9. The fraction of sp³-hybridized carbons (Fsp3) is 0.625. The molecule has 0 amide bonds. The van der Waals surface area contributed by atoms with Crippen molar-refractivity contribution in [2.45, 2.75) is 49.4 Å². The first-order valence-corrected chi connectivity index (χ1v) is 7.29. The van der Waals surface area contributed by atoms with Gasteiger partial charge in [-0.15, -0.1) is 0 Å². The van der Waals surface area contributed by atoms with Gasteiger partial charge in [-0.1, -0.05) is 24.3 Å². The molecule has 1 aromatic rings. The summed E-state index contributed by atoms with van der Waals surface area (Å²) in [7, 11) is 0. The molecule has 0 radical (unpaired) electrons. The van der Waals surface area contributed by atoms with Gasteiger partial charge >= 0.3 is 0 Å². The number of aliphatic hydroxyl groups excluding tert-OH is 1. The number of hydrogen-bond acceptors (Lipinski definition) is 3. The molecule has 3 heteroatoms. The molecule has 1 aromatic carbocycles. The summed E-state index contributed by atoms with van der Waals surface area (Å²) in [4.78, 5) is 0. The van der Waals surface area contributed by atoms with Crippen LogP contribution in [-0.2, 0) is 21.3 Å². The fourth-order valence-corrected chi connectivity index (χ4v) is 4.23. The van der Waals surface area contributed by atoms with Gasteiger partial charge in [-0.05, 0) is 30.4 Å². The van der Waals surface area contributed by atoms with Gasteiger partial charge in [0.1, 0.15) is 0 Å². The van der Waals surface area contributed by atoms with Crippen LogP contribution in [0.25, 0.3) is 0 Å². The highest BCUT2D eigenvalue weighted by molar-refractivity contribution is 5.42. The Morgan fingerprint density at radius 2 is 1.68 bits per heavy atom. The van der Waals surface area contributed by atoms with Crippen LogP contribution in [0.1, 0.15) is 36.8 Å². The molecule has 19 heavy (non-hydrogen) atoms. The third kappa shape index (κ3) is 1.62. The Balaban J connectivity index is 1.65. The molecule has 1 saturated heterocycles. The van der Waals surface area contributed by atoms with Gasteiger partial charge in [0.25, 0.3) is 0 Å². The van der Waals surface area contributed by atoms with E-state index in [9.17, 15) is 5.11 Å². The molecular weight excluding hydrogens is 240 g/mol. The van der Waals surface area contributed by atoms with Crippen LogP contribution in [0, 0.1) is 0 Å². The van der Waals surface area contributed by atoms with Crippen molar-refractivity contribution in [1.82, 2.24) is 0 Å². The first-order chi connectivity index (χ1) is 9.24. The Morgan fingerprint density at radius 3 is 2.42 bits per heavy atom. The molecule has 2 fully saturated rings. The van der Waals surface area contributed by atoms with Crippen LogP contribution in [0.4, 0.5) is 0 Å². The van der Waals surface area contributed by atoms with Crippen molar-refractivity contribution in [3.8, 4) is 0 Å². The molecule has 1 aliphatic heterocycles. The standard InChI is InChI=1S/C16H20O3/c17-14-11-12-3-1-2-4-13(12)15(14)5-7-16(8-6-15)18-9-10-19-16/h1-4,14,17H,5-11H2. The maximum absolute atomic E-state index is 10.6. The van der Waals surface area contributed by atoms with E-state index in [1.807, 2.05) is 0 Å². The molecule has 3 aliphatic rings. The highest BCUT2D eigenvalue weighted by atomic mass is 16.7. The van der Waals surface area contributed by atoms with E-state index in [2.05, 4.69) is 24.3 Å². The average Bonchev–Trinajstić information content (AvgIpc) is 2.99. The van der Waals surface area contributed by atoms with Crippen LogP contribution in [0.5, 0.6) is 0 Å². The second-order valence-electron chi connectivity index (χ2n) is 6.14. The van der Waals surface area contributed by atoms with Crippen molar-refractivity contribution in [1.29, 1.82) is 0 Å². The Morgan fingerprint density at radius 1 is 1.00 bits per heavy atom. The van der Waals surface area contributed by atoms with E-state index >= 15 is 0 Å². The van der Waals surface area contributed by atoms with Crippen LogP contribution in [-0.4, -0.2) is 30.2 Å². The highest BCUT2D eigenvalue weighted by Crippen LogP contribution is 2.52. The number of rotatable bonds is 0. The lowest BCUT2D eigenvalue weighted by molar-refractivity contribution is -0.189. The molecule has 102 valence electrons. The van der Waals surface area contributed by atoms with E-state index in [-0.39, 0.29) is 17.3 Å². The Labute approximate surface area is 113 Å². The minimum Gasteiger partial charge on any atom is -0.392 e. The molecule has 2 spiro atoms. The van der Waals surface area contributed by atoms with Crippen molar-refractivity contribution < 1.29 is 14.6 Å². The summed E-state index contributed by atoms with van der Waals surface area (Å²) in [6, 6.07) is 8.50. The molecule has 3 nitrogen and oxygen atoms in total. The number of hydrogen-bond donors (Lipinski definition) is 1. The maximum Gasteiger partial charge on any atom is 0.168 e. The van der Waals surface area contributed by atoms with Gasteiger partial charge in [0, 0.05) is 18.3 Å². The first-order valence-electron chi connectivity index (χ1n) is 7.29. The van der Waals surface area contributed by atoms with E-state index in [1.54, 1.807) is 0 Å². The molecule has 1 unspecified atom stereocenters. The molecule has 0 aromatic heterocycles. The molecular formula is C16H20O3. The summed E-state index contributed by atoms with van der Waals surface area (Å²) in [6.45, 7) is 1.43. The van der Waals surface area contributed by atoms with E-state index in [1.165, 1.54) is 11.1 Å². The van der Waals surface area contributed by atoms with Crippen molar-refractivity contribution in [3.63, 3.8) is 0 Å². The number of ether oxygens (including phenoxy) is 2. The van der Waals surface area contributed by atoms with Crippen molar-refractivity contribution >= 4 is 0 Å². The minimum absolute atomic E-state index is 0.0584. The largest absolute Gasteiger partial charge is 0.392 e. The predicted molar refractivity (Wildman–Crippen MR) is 70.9 cm³/mol. The Hall–Kier alpha value is -0.900. The van der Waals surface area contributed by atoms with Crippen LogP contribution in [0.3, 0.4) is 0 Å². The van der Waals surface area contributed by atoms with Gasteiger partial charge in [-0.2, -0.15) is 0 Å². The highest BCUT2D eigenvalue weighted by Gasteiger charge is 2.52. The minimum atomic E-state index is -0.345. The molecule has 1 saturated carbocycles. The van der Waals surface area contributed by atoms with Crippen molar-refractivity contribution in [2.75, 3.05) is 13.2 Å². The summed E-state index contributed by atoms with van der Waals surface area (Å²) in [5.41, 5.74) is 2.62. The SMILES string of the molecule is OC1Cc2ccccc2C12CCC1(CC2)OCCO1. The summed E-state index contributed by atoms with van der Waals surface area (Å²) < 4.78 is 11.6. The quantitative estimate of drug-likeness (QED) is 0.777. The van der Waals surface area contributed by atoms with Gasteiger partial charge in [0.2, 0.25) is 0 Å². The van der Waals surface area contributed by atoms with Crippen LogP contribution in [0.15, 0.2) is 24.3 Å². The zero-order valence-electron chi connectivity index (χ0n) is 11.1. The predicted octanol–water partition coefficient (Wildman–Crippen LogP) is 2.16. The van der Waals surface area contributed by atoms with E-state index in [0.717, 1.165) is 32.1 Å². The van der Waals surface area contributed by atoms with Crippen LogP contribution in [0.2, 0.25) is 0 Å². The maximum atomic E-state index is 10.6. The third-order valence-corrected chi connectivity index (χ3v) is 5.32. The van der Waals surface area contributed by atoms with Crippen molar-refractivity contribution in [3.05, 3.63) is 35.4 Å². The van der Waals surface area contributed by atoms with Crippen LogP contribution < -0.4 is 0 Å². The van der Waals surface area contributed by atoms with Crippen LogP contribution >= 0.6 is 0 Å². The molecule has 1 N–H and O–H groups in total. The smallest absolute Gasteiger partial charge is 0.168 e. The number of benzene rings is 1. The number of fused-ring (bicyclic) bond motifs is 2. The zero-order chi connectivity index (χ0) is 12.9. The third-order valence-electron chi connectivity index (χ3n) is 5.32. The fourth-order valence-electron chi connectivity index (χ4n) is 4.23. The monoisotopic (exact) mass is 260 g/mol. The van der Waals surface area contributed by atoms with Gasteiger partial charge in [0.05, 0.1) is 19.3 Å². The van der Waals surface area contributed by atoms with Gasteiger partial charge < -0.3 is 14.6 Å². The van der Waals surface area contributed by atoms with Crippen molar-refractivity contribution in [2.24, 2.45) is 0 Å². The molecule has 4 rings (SSSR count). The lowest BCUT2D eigenvalue weighted by Crippen LogP contribution is -2.46. The van der Waals surface area contributed by atoms with E-state index in [0.29, 0.717) is 13.2 Å². The zero-order valence-corrected chi connectivity index (χ0v) is 11.1. The lowest BCUT2D eigenvalue weighted by Gasteiger charge is -2.44. The van der Waals surface area contributed by atoms with E-state index < -0.39 is 0 Å². The summed E-state index contributed by atoms with van der Waals surface area (Å²) >= 11 is 0. The second kappa shape index (κ2) is 4.05. The lowest BCUT2D eigenvalue weighted by atomic mass is 9.67. The molecule has 1 atom stereocenters. The Kier molecular flexibility index (Phi) is 2.53.